The van der Waals surface area contributed by atoms with E-state index in [1.54, 1.807) is 30.3 Å². The van der Waals surface area contributed by atoms with Crippen molar-refractivity contribution in [3.8, 4) is 5.75 Å². The second kappa shape index (κ2) is 11.5. The molecule has 1 unspecified atom stereocenters. The smallest absolute Gasteiger partial charge is 0.269 e. The topological polar surface area (TPSA) is 113 Å². The molecule has 1 aliphatic rings. The monoisotopic (exact) mass is 563 g/mol. The number of nitrogens with one attached hydrogen (secondary N) is 1. The van der Waals surface area contributed by atoms with E-state index >= 15 is 0 Å². The first-order chi connectivity index (χ1) is 18.9. The van der Waals surface area contributed by atoms with E-state index in [9.17, 15) is 22.8 Å². The van der Waals surface area contributed by atoms with Crippen LogP contribution in [0.5, 0.6) is 5.75 Å². The maximum atomic E-state index is 14.0. The summed E-state index contributed by atoms with van der Waals surface area (Å²) in [6.07, 6.45) is 0.180. The van der Waals surface area contributed by atoms with Crippen molar-refractivity contribution in [3.05, 3.63) is 95.6 Å². The van der Waals surface area contributed by atoms with E-state index in [0.29, 0.717) is 15.6 Å². The highest BCUT2D eigenvalue weighted by Crippen LogP contribution is 2.30. The zero-order chi connectivity index (χ0) is 29.1. The summed E-state index contributed by atoms with van der Waals surface area (Å²) in [7, 11) is -2.70. The molecular weight excluding hydrogens is 530 g/mol. The van der Waals surface area contributed by atoms with Gasteiger partial charge in [-0.1, -0.05) is 54.6 Å². The summed E-state index contributed by atoms with van der Waals surface area (Å²) in [6.45, 7) is 4.76. The van der Waals surface area contributed by atoms with Crippen molar-refractivity contribution in [2.24, 2.45) is 0 Å². The number of carbonyl (C=O) groups excluding carboxylic acids is 3. The molecule has 1 N–H and O–H groups in total. The Kier molecular flexibility index (Phi) is 8.29. The van der Waals surface area contributed by atoms with Crippen LogP contribution in [0.2, 0.25) is 0 Å². The van der Waals surface area contributed by atoms with Gasteiger partial charge in [-0.2, -0.15) is 0 Å². The zero-order valence-electron chi connectivity index (χ0n) is 23.0. The van der Waals surface area contributed by atoms with Crippen molar-refractivity contribution in [1.29, 1.82) is 0 Å². The molecule has 3 aromatic rings. The normalized spacial score (nSPS) is 14.8. The lowest BCUT2D eigenvalue weighted by Gasteiger charge is -2.34. The van der Waals surface area contributed by atoms with E-state index in [1.165, 1.54) is 30.2 Å². The molecule has 0 bridgehead atoms. The standard InChI is InChI=1S/C30H33N3O6S/c1-30(2,3)31-28(35)25(18-21-11-6-5-7-12-21)32(19-22-13-10-14-23(17-22)39-4)27(34)20-33-29(36)24-15-8-9-16-26(24)40(33,37)38/h5-17,25H,18-20H2,1-4H3,(H,31,35). The van der Waals surface area contributed by atoms with Gasteiger partial charge < -0.3 is 15.0 Å². The summed E-state index contributed by atoms with van der Waals surface area (Å²) >= 11 is 0. The van der Waals surface area contributed by atoms with E-state index in [4.69, 9.17) is 4.74 Å². The second-order valence-electron chi connectivity index (χ2n) is 10.6. The Labute approximate surface area is 234 Å². The zero-order valence-corrected chi connectivity index (χ0v) is 23.8. The summed E-state index contributed by atoms with van der Waals surface area (Å²) in [4.78, 5) is 42.0. The van der Waals surface area contributed by atoms with E-state index in [2.05, 4.69) is 5.32 Å². The van der Waals surface area contributed by atoms with Gasteiger partial charge >= 0.3 is 0 Å². The number of rotatable bonds is 9. The minimum absolute atomic E-state index is 0.0138. The molecule has 0 aromatic heterocycles. The maximum absolute atomic E-state index is 14.0. The quantitative estimate of drug-likeness (QED) is 0.427. The number of sulfonamides is 1. The molecule has 1 atom stereocenters. The molecule has 0 radical (unpaired) electrons. The molecule has 9 nitrogen and oxygen atoms in total. The highest BCUT2D eigenvalue weighted by atomic mass is 32.2. The molecule has 40 heavy (non-hydrogen) atoms. The number of carbonyl (C=O) groups is 3. The van der Waals surface area contributed by atoms with Crippen LogP contribution in [-0.4, -0.2) is 60.6 Å². The summed E-state index contributed by atoms with van der Waals surface area (Å²) in [6, 6.07) is 21.2. The molecule has 0 saturated carbocycles. The average Bonchev–Trinajstić information content (AvgIpc) is 3.11. The number of benzene rings is 3. The number of hydrogen-bond donors (Lipinski definition) is 1. The van der Waals surface area contributed by atoms with Gasteiger partial charge in [0.25, 0.3) is 15.9 Å². The van der Waals surface area contributed by atoms with Crippen molar-refractivity contribution in [3.63, 3.8) is 0 Å². The Morgan fingerprint density at radius 3 is 2.25 bits per heavy atom. The van der Waals surface area contributed by atoms with Gasteiger partial charge in [0.05, 0.1) is 12.7 Å². The number of hydrogen-bond acceptors (Lipinski definition) is 6. The predicted octanol–water partition coefficient (Wildman–Crippen LogP) is 3.39. The van der Waals surface area contributed by atoms with E-state index in [1.807, 2.05) is 51.1 Å². The van der Waals surface area contributed by atoms with Gasteiger partial charge in [0, 0.05) is 18.5 Å². The van der Waals surface area contributed by atoms with Crippen LogP contribution >= 0.6 is 0 Å². The van der Waals surface area contributed by atoms with Gasteiger partial charge in [-0.15, -0.1) is 0 Å². The average molecular weight is 564 g/mol. The van der Waals surface area contributed by atoms with Gasteiger partial charge in [-0.05, 0) is 56.2 Å². The fourth-order valence-electron chi connectivity index (χ4n) is 4.58. The Hall–Kier alpha value is -4.18. The fourth-order valence-corrected chi connectivity index (χ4v) is 6.09. The molecule has 4 rings (SSSR count). The summed E-state index contributed by atoms with van der Waals surface area (Å²) < 4.78 is 32.4. The number of fused-ring (bicyclic) bond motifs is 1. The highest BCUT2D eigenvalue weighted by Gasteiger charge is 2.43. The predicted molar refractivity (Wildman–Crippen MR) is 150 cm³/mol. The number of amides is 3. The molecule has 1 aliphatic heterocycles. The molecule has 0 saturated heterocycles. The van der Waals surface area contributed by atoms with E-state index < -0.39 is 45.9 Å². The molecule has 210 valence electrons. The lowest BCUT2D eigenvalue weighted by atomic mass is 10.0. The van der Waals surface area contributed by atoms with E-state index in [-0.39, 0.29) is 23.4 Å². The fraction of sp³-hybridized carbons (Fsp3) is 0.300. The van der Waals surface area contributed by atoms with Crippen LogP contribution in [0, 0.1) is 0 Å². The molecule has 10 heteroatoms. The summed E-state index contributed by atoms with van der Waals surface area (Å²) in [5.41, 5.74) is 0.915. The lowest BCUT2D eigenvalue weighted by Crippen LogP contribution is -2.56. The SMILES string of the molecule is COc1cccc(CN(C(=O)CN2C(=O)c3ccccc3S2(=O)=O)C(Cc2ccccc2)C(=O)NC(C)(C)C)c1. The minimum atomic E-state index is -4.23. The highest BCUT2D eigenvalue weighted by molar-refractivity contribution is 7.90. The molecule has 3 aromatic carbocycles. The number of methoxy groups -OCH3 is 1. The van der Waals surface area contributed by atoms with Crippen molar-refractivity contribution in [2.45, 2.75) is 50.2 Å². The van der Waals surface area contributed by atoms with Crippen molar-refractivity contribution >= 4 is 27.7 Å². The molecule has 0 spiro atoms. The van der Waals surface area contributed by atoms with Gasteiger partial charge in [0.1, 0.15) is 23.2 Å². The molecule has 1 heterocycles. The Morgan fingerprint density at radius 2 is 1.60 bits per heavy atom. The van der Waals surface area contributed by atoms with Crippen LogP contribution in [0.1, 0.15) is 42.3 Å². The first kappa shape index (κ1) is 28.8. The van der Waals surface area contributed by atoms with Crippen LogP contribution < -0.4 is 10.1 Å². The number of ether oxygens (including phenoxy) is 1. The first-order valence-corrected chi connectivity index (χ1v) is 14.3. The Bertz CT molecular complexity index is 1520. The second-order valence-corrected chi connectivity index (χ2v) is 12.5. The Balaban J connectivity index is 1.74. The van der Waals surface area contributed by atoms with Crippen molar-refractivity contribution in [2.75, 3.05) is 13.7 Å². The third kappa shape index (κ3) is 6.34. The maximum Gasteiger partial charge on any atom is 0.269 e. The summed E-state index contributed by atoms with van der Waals surface area (Å²) in [5, 5.41) is 2.96. The molecule has 0 aliphatic carbocycles. The van der Waals surface area contributed by atoms with Crippen LogP contribution in [0.4, 0.5) is 0 Å². The molecule has 0 fully saturated rings. The lowest BCUT2D eigenvalue weighted by molar-refractivity contribution is -0.141. The summed E-state index contributed by atoms with van der Waals surface area (Å²) in [5.74, 6) is -1.29. The minimum Gasteiger partial charge on any atom is -0.497 e. The largest absolute Gasteiger partial charge is 0.497 e. The third-order valence-electron chi connectivity index (χ3n) is 6.45. The first-order valence-electron chi connectivity index (χ1n) is 12.8. The van der Waals surface area contributed by atoms with Gasteiger partial charge in [0.15, 0.2) is 0 Å². The third-order valence-corrected chi connectivity index (χ3v) is 8.23. The molecule has 3 amide bonds. The van der Waals surface area contributed by atoms with E-state index in [0.717, 1.165) is 5.56 Å². The van der Waals surface area contributed by atoms with Crippen LogP contribution in [-0.2, 0) is 32.6 Å². The molecular formula is C30H33N3O6S. The van der Waals surface area contributed by atoms with Gasteiger partial charge in [-0.3, -0.25) is 14.4 Å². The van der Waals surface area contributed by atoms with Crippen LogP contribution in [0.3, 0.4) is 0 Å². The van der Waals surface area contributed by atoms with Crippen molar-refractivity contribution in [1.82, 2.24) is 14.5 Å². The van der Waals surface area contributed by atoms with Crippen LogP contribution in [0.15, 0.2) is 83.8 Å². The van der Waals surface area contributed by atoms with Gasteiger partial charge in [0.2, 0.25) is 11.8 Å². The Morgan fingerprint density at radius 1 is 0.950 bits per heavy atom. The number of nitrogens with zero attached hydrogens (tertiary/aromatic N) is 2. The van der Waals surface area contributed by atoms with Crippen molar-refractivity contribution < 1.29 is 27.5 Å². The van der Waals surface area contributed by atoms with Gasteiger partial charge in [-0.25, -0.2) is 12.7 Å². The van der Waals surface area contributed by atoms with Crippen LogP contribution in [0.25, 0.3) is 0 Å².